The van der Waals surface area contributed by atoms with Crippen LogP contribution in [0.25, 0.3) is 10.9 Å². The molecule has 1 amide bonds. The van der Waals surface area contributed by atoms with Crippen molar-refractivity contribution in [3.63, 3.8) is 0 Å². The average Bonchev–Trinajstić information content (AvgIpc) is 2.75. The molecule has 1 atom stereocenters. The largest absolute Gasteiger partial charge is 0.497 e. The second-order valence-electron chi connectivity index (χ2n) is 6.44. The van der Waals surface area contributed by atoms with E-state index in [0.29, 0.717) is 29.1 Å². The highest BCUT2D eigenvalue weighted by Crippen LogP contribution is 2.23. The molecule has 0 radical (unpaired) electrons. The van der Waals surface area contributed by atoms with Crippen LogP contribution in [0.5, 0.6) is 5.75 Å². The molecule has 0 unspecified atom stereocenters. The topological polar surface area (TPSA) is 73.2 Å². The van der Waals surface area contributed by atoms with Gasteiger partial charge in [-0.3, -0.25) is 14.2 Å². The van der Waals surface area contributed by atoms with Gasteiger partial charge in [-0.2, -0.15) is 0 Å². The summed E-state index contributed by atoms with van der Waals surface area (Å²) in [5, 5.41) is 3.56. The number of fused-ring (bicyclic) bond motifs is 1. The molecule has 3 rings (SSSR count). The number of carbonyl (C=O) groups is 1. The van der Waals surface area contributed by atoms with Crippen LogP contribution in [0.4, 0.5) is 0 Å². The highest BCUT2D eigenvalue weighted by atomic mass is 32.2. The Morgan fingerprint density at radius 3 is 2.69 bits per heavy atom. The third kappa shape index (κ3) is 4.86. The van der Waals surface area contributed by atoms with Crippen LogP contribution in [-0.4, -0.2) is 27.8 Å². The molecular weight excluding hydrogens is 386 g/mol. The zero-order valence-corrected chi connectivity index (χ0v) is 17.2. The van der Waals surface area contributed by atoms with Gasteiger partial charge in [0.15, 0.2) is 5.16 Å². The fourth-order valence-electron chi connectivity index (χ4n) is 2.82. The molecule has 1 N–H and O–H groups in total. The number of hydrogen-bond donors (Lipinski definition) is 1. The zero-order valence-electron chi connectivity index (χ0n) is 16.4. The zero-order chi connectivity index (χ0) is 20.8. The molecule has 6 nitrogen and oxygen atoms in total. The Hall–Kier alpha value is -3.06. The van der Waals surface area contributed by atoms with Crippen LogP contribution in [0, 0.1) is 0 Å². The van der Waals surface area contributed by atoms with Crippen LogP contribution < -0.4 is 15.6 Å². The minimum Gasteiger partial charge on any atom is -0.497 e. The van der Waals surface area contributed by atoms with Crippen molar-refractivity contribution in [1.29, 1.82) is 0 Å². The summed E-state index contributed by atoms with van der Waals surface area (Å²) in [6.45, 7) is 6.27. The second-order valence-corrected chi connectivity index (χ2v) is 7.75. The van der Waals surface area contributed by atoms with Gasteiger partial charge >= 0.3 is 0 Å². The van der Waals surface area contributed by atoms with Crippen molar-refractivity contribution in [3.05, 3.63) is 77.1 Å². The first-order chi connectivity index (χ1) is 14.0. The van der Waals surface area contributed by atoms with E-state index in [4.69, 9.17) is 4.74 Å². The maximum atomic E-state index is 12.8. The molecule has 0 fully saturated rings. The lowest BCUT2D eigenvalue weighted by Gasteiger charge is -2.15. The first-order valence-electron chi connectivity index (χ1n) is 9.21. The highest BCUT2D eigenvalue weighted by Gasteiger charge is 2.19. The average molecular weight is 410 g/mol. The number of para-hydroxylation sites is 1. The second kappa shape index (κ2) is 9.43. The van der Waals surface area contributed by atoms with Gasteiger partial charge in [0.2, 0.25) is 5.91 Å². The van der Waals surface area contributed by atoms with Crippen LogP contribution >= 0.6 is 11.8 Å². The van der Waals surface area contributed by atoms with Gasteiger partial charge in [-0.05, 0) is 36.8 Å². The van der Waals surface area contributed by atoms with E-state index in [2.05, 4.69) is 16.9 Å². The minimum absolute atomic E-state index is 0.127. The first-order valence-corrected chi connectivity index (χ1v) is 10.1. The monoisotopic (exact) mass is 409 g/mol. The Morgan fingerprint density at radius 2 is 2.00 bits per heavy atom. The maximum absolute atomic E-state index is 12.8. The Morgan fingerprint density at radius 1 is 1.28 bits per heavy atom. The van der Waals surface area contributed by atoms with Crippen molar-refractivity contribution in [2.45, 2.75) is 30.4 Å². The lowest BCUT2D eigenvalue weighted by Crippen LogP contribution is -2.31. The number of aromatic nitrogens is 2. The van der Waals surface area contributed by atoms with Crippen LogP contribution in [0.3, 0.4) is 0 Å². The predicted molar refractivity (Wildman–Crippen MR) is 116 cm³/mol. The van der Waals surface area contributed by atoms with E-state index in [1.165, 1.54) is 11.8 Å². The Labute approximate surface area is 173 Å². The van der Waals surface area contributed by atoms with Gasteiger partial charge < -0.3 is 10.1 Å². The number of rotatable bonds is 8. The number of allylic oxidation sites excluding steroid dienone is 1. The quantitative estimate of drug-likeness (QED) is 0.351. The molecule has 0 bridgehead atoms. The lowest BCUT2D eigenvalue weighted by atomic mass is 10.2. The Kier molecular flexibility index (Phi) is 6.72. The van der Waals surface area contributed by atoms with Gasteiger partial charge in [0.25, 0.3) is 5.56 Å². The summed E-state index contributed by atoms with van der Waals surface area (Å²) in [5.74, 6) is 0.643. The number of hydrogen-bond acceptors (Lipinski definition) is 5. The molecule has 0 spiro atoms. The number of methoxy groups -OCH3 is 1. The highest BCUT2D eigenvalue weighted by molar-refractivity contribution is 8.00. The van der Waals surface area contributed by atoms with Crippen LogP contribution in [-0.2, 0) is 17.9 Å². The summed E-state index contributed by atoms with van der Waals surface area (Å²) in [6, 6.07) is 14.7. The molecule has 2 aromatic carbocycles. The smallest absolute Gasteiger partial charge is 0.262 e. The number of thioether (sulfide) groups is 1. The lowest BCUT2D eigenvalue weighted by molar-refractivity contribution is -0.120. The molecule has 3 aromatic rings. The van der Waals surface area contributed by atoms with Gasteiger partial charge in [-0.1, -0.05) is 42.1 Å². The van der Waals surface area contributed by atoms with Crippen molar-refractivity contribution in [1.82, 2.24) is 14.9 Å². The molecule has 1 aromatic heterocycles. The van der Waals surface area contributed by atoms with Crippen molar-refractivity contribution in [2.75, 3.05) is 7.11 Å². The molecule has 0 aliphatic heterocycles. The molecule has 0 saturated heterocycles. The van der Waals surface area contributed by atoms with Gasteiger partial charge in [0, 0.05) is 13.1 Å². The third-order valence-electron chi connectivity index (χ3n) is 4.42. The van der Waals surface area contributed by atoms with Crippen LogP contribution in [0.1, 0.15) is 12.5 Å². The molecule has 1 heterocycles. The normalized spacial score (nSPS) is 11.8. The summed E-state index contributed by atoms with van der Waals surface area (Å²) in [4.78, 5) is 30.0. The number of nitrogens with zero attached hydrogens (tertiary/aromatic N) is 2. The van der Waals surface area contributed by atoms with Gasteiger partial charge in [-0.15, -0.1) is 6.58 Å². The summed E-state index contributed by atoms with van der Waals surface area (Å²) in [5.41, 5.74) is 1.46. The third-order valence-corrected chi connectivity index (χ3v) is 5.51. The van der Waals surface area contributed by atoms with Crippen LogP contribution in [0.2, 0.25) is 0 Å². The Bertz CT molecular complexity index is 1080. The molecule has 7 heteroatoms. The molecule has 0 aliphatic rings. The van der Waals surface area contributed by atoms with E-state index in [0.717, 1.165) is 11.3 Å². The summed E-state index contributed by atoms with van der Waals surface area (Å²) in [7, 11) is 1.61. The molecule has 150 valence electrons. The standard InChI is InChI=1S/C22H23N3O3S/c1-4-13-25-21(27)18-7-5-6-8-19(18)24-22(25)29-15(2)20(26)23-14-16-9-11-17(28-3)12-10-16/h4-12,15H,1,13-14H2,2-3H3,(H,23,26)/t15-/m1/s1. The van der Waals surface area contributed by atoms with Crippen molar-refractivity contribution in [3.8, 4) is 5.75 Å². The van der Waals surface area contributed by atoms with E-state index in [-0.39, 0.29) is 11.5 Å². The fraction of sp³-hybridized carbons (Fsp3) is 0.227. The number of nitrogens with one attached hydrogen (secondary N) is 1. The van der Waals surface area contributed by atoms with Crippen molar-refractivity contribution < 1.29 is 9.53 Å². The summed E-state index contributed by atoms with van der Waals surface area (Å²) in [6.07, 6.45) is 1.65. The van der Waals surface area contributed by atoms with E-state index in [1.807, 2.05) is 36.4 Å². The Balaban J connectivity index is 1.74. The van der Waals surface area contributed by atoms with Crippen molar-refractivity contribution >= 4 is 28.6 Å². The van der Waals surface area contributed by atoms with E-state index < -0.39 is 5.25 Å². The molecule has 0 aliphatic carbocycles. The van der Waals surface area contributed by atoms with E-state index in [9.17, 15) is 9.59 Å². The van der Waals surface area contributed by atoms with Crippen LogP contribution in [0.15, 0.2) is 71.1 Å². The molecule has 29 heavy (non-hydrogen) atoms. The number of carbonyl (C=O) groups excluding carboxylic acids is 1. The van der Waals surface area contributed by atoms with Crippen molar-refractivity contribution in [2.24, 2.45) is 0 Å². The predicted octanol–water partition coefficient (Wildman–Crippen LogP) is 3.39. The number of ether oxygens (including phenoxy) is 1. The molecule has 0 saturated carbocycles. The van der Waals surface area contributed by atoms with Gasteiger partial charge in [0.05, 0.1) is 23.3 Å². The maximum Gasteiger partial charge on any atom is 0.262 e. The SMILES string of the molecule is C=CCn1c(S[C@H](C)C(=O)NCc2ccc(OC)cc2)nc2ccccc2c1=O. The number of amides is 1. The summed E-state index contributed by atoms with van der Waals surface area (Å²) >= 11 is 1.26. The minimum atomic E-state index is -0.419. The number of benzene rings is 2. The van der Waals surface area contributed by atoms with Gasteiger partial charge in [-0.25, -0.2) is 4.98 Å². The van der Waals surface area contributed by atoms with Gasteiger partial charge in [0.1, 0.15) is 5.75 Å². The van der Waals surface area contributed by atoms with E-state index in [1.54, 1.807) is 36.8 Å². The first kappa shape index (κ1) is 20.7. The van der Waals surface area contributed by atoms with E-state index >= 15 is 0 Å². The molecular formula is C22H23N3O3S. The fourth-order valence-corrected chi connectivity index (χ4v) is 3.76. The summed E-state index contributed by atoms with van der Waals surface area (Å²) < 4.78 is 6.69.